The fraction of sp³-hybridized carbons (Fsp3) is 0.545. The van der Waals surface area contributed by atoms with Crippen LogP contribution in [0.25, 0.3) is 0 Å². The molecule has 0 nitrogen and oxygen atoms in total. The van der Waals surface area contributed by atoms with Crippen LogP contribution in [0.5, 0.6) is 0 Å². The van der Waals surface area contributed by atoms with Crippen molar-refractivity contribution in [1.82, 2.24) is 0 Å². The number of allylic oxidation sites excluding steroid dienone is 2. The molecule has 0 N–H and O–H groups in total. The average molecular weight is 150 g/mol. The van der Waals surface area contributed by atoms with Gasteiger partial charge in [0.2, 0.25) is 0 Å². The Morgan fingerprint density at radius 3 is 2.55 bits per heavy atom. The molecule has 0 aliphatic carbocycles. The van der Waals surface area contributed by atoms with E-state index in [0.29, 0.717) is 0 Å². The summed E-state index contributed by atoms with van der Waals surface area (Å²) in [6, 6.07) is 0. The molecule has 0 rings (SSSR count). The Morgan fingerprint density at radius 2 is 1.91 bits per heavy atom. The van der Waals surface area contributed by atoms with E-state index in [0.717, 1.165) is 12.8 Å². The van der Waals surface area contributed by atoms with Crippen LogP contribution >= 0.6 is 0 Å². The van der Waals surface area contributed by atoms with Gasteiger partial charge in [0.05, 0.1) is 0 Å². The molecule has 0 saturated carbocycles. The summed E-state index contributed by atoms with van der Waals surface area (Å²) >= 11 is 0. The second-order valence-corrected chi connectivity index (χ2v) is 2.58. The van der Waals surface area contributed by atoms with Gasteiger partial charge in [-0.15, -0.1) is 12.3 Å². The van der Waals surface area contributed by atoms with E-state index in [4.69, 9.17) is 0 Å². The van der Waals surface area contributed by atoms with Gasteiger partial charge in [0.15, 0.2) is 0 Å². The van der Waals surface area contributed by atoms with Gasteiger partial charge in [0.1, 0.15) is 0 Å². The van der Waals surface area contributed by atoms with Crippen molar-refractivity contribution in [3.63, 3.8) is 0 Å². The van der Waals surface area contributed by atoms with Gasteiger partial charge < -0.3 is 0 Å². The molecule has 0 aliphatic heterocycles. The predicted octanol–water partition coefficient (Wildman–Crippen LogP) is 3.85. The molecule has 0 bridgehead atoms. The summed E-state index contributed by atoms with van der Waals surface area (Å²) in [7, 11) is 0. The van der Waals surface area contributed by atoms with Gasteiger partial charge in [0.25, 0.3) is 0 Å². The minimum Gasteiger partial charge on any atom is -0.130 e. The first-order chi connectivity index (χ1) is 5.41. The Balaban J connectivity index is 3.24. The van der Waals surface area contributed by atoms with Crippen molar-refractivity contribution in [1.29, 1.82) is 0 Å². The summed E-state index contributed by atoms with van der Waals surface area (Å²) in [6.07, 6.45) is 12.0. The van der Waals surface area contributed by atoms with E-state index < -0.39 is 0 Å². The van der Waals surface area contributed by atoms with E-state index in [9.17, 15) is 0 Å². The third-order valence-electron chi connectivity index (χ3n) is 1.45. The lowest BCUT2D eigenvalue weighted by Gasteiger charge is -1.84. The largest absolute Gasteiger partial charge is 0.130 e. The van der Waals surface area contributed by atoms with Crippen molar-refractivity contribution in [2.75, 3.05) is 0 Å². The summed E-state index contributed by atoms with van der Waals surface area (Å²) in [5.41, 5.74) is 3.16. The van der Waals surface area contributed by atoms with E-state index in [1.165, 1.54) is 19.3 Å². The standard InChI is InChI=1S/C11H18/c1-3-5-7-9-11-10-8-6-4-2/h3,9-10H,1,4-8H2,2H3. The van der Waals surface area contributed by atoms with E-state index in [-0.39, 0.29) is 0 Å². The summed E-state index contributed by atoms with van der Waals surface area (Å²) < 4.78 is 0. The van der Waals surface area contributed by atoms with Gasteiger partial charge in [-0.2, -0.15) is 0 Å². The topological polar surface area (TPSA) is 0 Å². The van der Waals surface area contributed by atoms with Crippen LogP contribution in [0.15, 0.2) is 30.5 Å². The lowest BCUT2D eigenvalue weighted by atomic mass is 10.2. The summed E-state index contributed by atoms with van der Waals surface area (Å²) in [6.45, 7) is 5.85. The average Bonchev–Trinajstić information content (AvgIpc) is 2.03. The minimum atomic E-state index is 1.06. The minimum absolute atomic E-state index is 1.06. The highest BCUT2D eigenvalue weighted by Crippen LogP contribution is 1.94. The monoisotopic (exact) mass is 150 g/mol. The Labute approximate surface area is 70.3 Å². The molecule has 0 fully saturated rings. The van der Waals surface area contributed by atoms with Crippen LogP contribution < -0.4 is 0 Å². The highest BCUT2D eigenvalue weighted by atomic mass is 13.8. The van der Waals surface area contributed by atoms with Crippen LogP contribution in [0.2, 0.25) is 0 Å². The zero-order valence-electron chi connectivity index (χ0n) is 7.47. The van der Waals surface area contributed by atoms with Crippen LogP contribution in [0, 0.1) is 0 Å². The molecular formula is C11H18. The van der Waals surface area contributed by atoms with Gasteiger partial charge in [-0.25, -0.2) is 0 Å². The second kappa shape index (κ2) is 9.26. The Kier molecular flexibility index (Phi) is 8.64. The zero-order valence-corrected chi connectivity index (χ0v) is 7.47. The first kappa shape index (κ1) is 10.3. The molecule has 0 aromatic heterocycles. The molecule has 62 valence electrons. The molecule has 0 radical (unpaired) electrons. The molecule has 0 heteroatoms. The molecule has 11 heavy (non-hydrogen) atoms. The van der Waals surface area contributed by atoms with Crippen LogP contribution in [-0.4, -0.2) is 0 Å². The molecule has 0 heterocycles. The summed E-state index contributed by atoms with van der Waals surface area (Å²) in [4.78, 5) is 0. The molecule has 0 atom stereocenters. The molecule has 0 unspecified atom stereocenters. The molecule has 0 saturated heterocycles. The number of rotatable bonds is 6. The number of unbranched alkanes of at least 4 members (excludes halogenated alkanes) is 3. The van der Waals surface area contributed by atoms with Gasteiger partial charge in [0, 0.05) is 0 Å². The maximum atomic E-state index is 3.65. The van der Waals surface area contributed by atoms with Crippen molar-refractivity contribution in [2.24, 2.45) is 0 Å². The molecule has 0 aromatic carbocycles. The summed E-state index contributed by atoms with van der Waals surface area (Å²) in [5.74, 6) is 0. The van der Waals surface area contributed by atoms with E-state index in [2.05, 4.69) is 31.4 Å². The van der Waals surface area contributed by atoms with Crippen molar-refractivity contribution in [3.8, 4) is 0 Å². The van der Waals surface area contributed by atoms with E-state index >= 15 is 0 Å². The lowest BCUT2D eigenvalue weighted by molar-refractivity contribution is 0.815. The van der Waals surface area contributed by atoms with Gasteiger partial charge in [-0.3, -0.25) is 0 Å². The highest BCUT2D eigenvalue weighted by Gasteiger charge is 1.75. The summed E-state index contributed by atoms with van der Waals surface area (Å²) in [5, 5.41) is 0. The zero-order chi connectivity index (χ0) is 8.36. The fourth-order valence-corrected chi connectivity index (χ4v) is 0.757. The third kappa shape index (κ3) is 9.26. The maximum Gasteiger partial charge on any atom is -0.0240 e. The fourth-order valence-electron chi connectivity index (χ4n) is 0.757. The van der Waals surface area contributed by atoms with Crippen molar-refractivity contribution < 1.29 is 0 Å². The smallest absolute Gasteiger partial charge is 0.0240 e. The van der Waals surface area contributed by atoms with Crippen LogP contribution in [0.4, 0.5) is 0 Å². The first-order valence-corrected chi connectivity index (χ1v) is 4.42. The van der Waals surface area contributed by atoms with Crippen molar-refractivity contribution in [2.45, 2.75) is 39.0 Å². The Bertz CT molecular complexity index is 136. The van der Waals surface area contributed by atoms with E-state index in [1.54, 1.807) is 0 Å². The molecular weight excluding hydrogens is 132 g/mol. The lowest BCUT2D eigenvalue weighted by Crippen LogP contribution is -1.64. The van der Waals surface area contributed by atoms with Gasteiger partial charge in [-0.1, -0.05) is 19.4 Å². The quantitative estimate of drug-likeness (QED) is 0.306. The SMILES string of the molecule is C=CCCC=C=CCCCC. The van der Waals surface area contributed by atoms with Crippen LogP contribution in [0.1, 0.15) is 39.0 Å². The predicted molar refractivity (Wildman–Crippen MR) is 51.6 cm³/mol. The van der Waals surface area contributed by atoms with Crippen molar-refractivity contribution >= 4 is 0 Å². The van der Waals surface area contributed by atoms with E-state index in [1.807, 2.05) is 6.08 Å². The highest BCUT2D eigenvalue weighted by molar-refractivity contribution is 4.86. The van der Waals surface area contributed by atoms with Gasteiger partial charge in [-0.05, 0) is 37.8 Å². The van der Waals surface area contributed by atoms with Crippen molar-refractivity contribution in [3.05, 3.63) is 30.5 Å². The Hall–Kier alpha value is -0.740. The molecule has 0 aliphatic rings. The number of hydrogen-bond acceptors (Lipinski definition) is 0. The van der Waals surface area contributed by atoms with Crippen LogP contribution in [0.3, 0.4) is 0 Å². The Morgan fingerprint density at radius 1 is 1.18 bits per heavy atom. The number of hydrogen-bond donors (Lipinski definition) is 0. The molecule has 0 aromatic rings. The second-order valence-electron chi connectivity index (χ2n) is 2.58. The maximum absolute atomic E-state index is 3.65. The van der Waals surface area contributed by atoms with Crippen LogP contribution in [-0.2, 0) is 0 Å². The molecule has 0 spiro atoms. The van der Waals surface area contributed by atoms with Gasteiger partial charge >= 0.3 is 0 Å². The molecule has 0 amide bonds. The third-order valence-corrected chi connectivity index (χ3v) is 1.45. The normalized spacial score (nSPS) is 8.45. The first-order valence-electron chi connectivity index (χ1n) is 4.42.